The quantitative estimate of drug-likeness (QED) is 0.656. The van der Waals surface area contributed by atoms with Crippen LogP contribution in [-0.2, 0) is 22.7 Å². The van der Waals surface area contributed by atoms with Crippen LogP contribution in [0.2, 0.25) is 0 Å². The predicted octanol–water partition coefficient (Wildman–Crippen LogP) is 3.17. The number of hydrogen-bond donors (Lipinski definition) is 1. The SMILES string of the molecule is O=C(Nc1cccc(Oc2ccccn2)c1)c1c2c(nn1[C@H]1CCS(=O)(=O)C1)CCC2. The Labute approximate surface area is 180 Å². The lowest BCUT2D eigenvalue weighted by atomic mass is 10.1. The molecule has 8 nitrogen and oxygen atoms in total. The van der Waals surface area contributed by atoms with Gasteiger partial charge in [0.2, 0.25) is 5.88 Å². The minimum absolute atomic E-state index is 0.0290. The smallest absolute Gasteiger partial charge is 0.274 e. The Balaban J connectivity index is 1.41. The third-order valence-electron chi connectivity index (χ3n) is 5.65. The molecule has 2 aliphatic rings. The van der Waals surface area contributed by atoms with Crippen LogP contribution in [0.3, 0.4) is 0 Å². The van der Waals surface area contributed by atoms with E-state index in [0.717, 1.165) is 30.5 Å². The van der Waals surface area contributed by atoms with Gasteiger partial charge in [-0.2, -0.15) is 5.10 Å². The fourth-order valence-electron chi connectivity index (χ4n) is 4.24. The van der Waals surface area contributed by atoms with Gasteiger partial charge in [0.1, 0.15) is 11.4 Å². The number of aryl methyl sites for hydroxylation is 1. The molecule has 0 saturated carbocycles. The average molecular weight is 439 g/mol. The second-order valence-electron chi connectivity index (χ2n) is 7.88. The number of nitrogens with one attached hydrogen (secondary N) is 1. The summed E-state index contributed by atoms with van der Waals surface area (Å²) in [4.78, 5) is 17.4. The molecule has 9 heteroatoms. The third kappa shape index (κ3) is 4.05. The zero-order chi connectivity index (χ0) is 21.4. The minimum Gasteiger partial charge on any atom is -0.439 e. The van der Waals surface area contributed by atoms with E-state index in [-0.39, 0.29) is 23.5 Å². The van der Waals surface area contributed by atoms with Gasteiger partial charge in [-0.05, 0) is 43.9 Å². The van der Waals surface area contributed by atoms with Crippen molar-refractivity contribution in [2.45, 2.75) is 31.7 Å². The molecule has 1 atom stereocenters. The number of carbonyl (C=O) groups excluding carboxylic acids is 1. The summed E-state index contributed by atoms with van der Waals surface area (Å²) in [6.07, 6.45) is 4.67. The number of hydrogen-bond acceptors (Lipinski definition) is 6. The van der Waals surface area contributed by atoms with Crippen LogP contribution in [0.1, 0.15) is 40.6 Å². The highest BCUT2D eigenvalue weighted by Crippen LogP contribution is 2.32. The van der Waals surface area contributed by atoms with Crippen molar-refractivity contribution in [2.75, 3.05) is 16.8 Å². The van der Waals surface area contributed by atoms with E-state index in [0.29, 0.717) is 29.4 Å². The molecule has 0 spiro atoms. The molecule has 0 radical (unpaired) electrons. The van der Waals surface area contributed by atoms with Crippen LogP contribution in [0.4, 0.5) is 5.69 Å². The molecule has 31 heavy (non-hydrogen) atoms. The first-order valence-corrected chi connectivity index (χ1v) is 12.1. The minimum atomic E-state index is -3.09. The van der Waals surface area contributed by atoms with Gasteiger partial charge in [-0.25, -0.2) is 13.4 Å². The molecule has 1 aliphatic heterocycles. The topological polar surface area (TPSA) is 103 Å². The van der Waals surface area contributed by atoms with Crippen molar-refractivity contribution in [1.82, 2.24) is 14.8 Å². The molecule has 1 aliphatic carbocycles. The number of benzene rings is 1. The first-order chi connectivity index (χ1) is 15.0. The summed E-state index contributed by atoms with van der Waals surface area (Å²) in [6.45, 7) is 0. The van der Waals surface area contributed by atoms with E-state index >= 15 is 0 Å². The second kappa shape index (κ2) is 7.81. The highest BCUT2D eigenvalue weighted by atomic mass is 32.2. The first kappa shape index (κ1) is 19.7. The van der Waals surface area contributed by atoms with E-state index in [9.17, 15) is 13.2 Å². The lowest BCUT2D eigenvalue weighted by Crippen LogP contribution is -2.23. The van der Waals surface area contributed by atoms with Gasteiger partial charge in [-0.3, -0.25) is 9.48 Å². The number of aromatic nitrogens is 3. The Morgan fingerprint density at radius 1 is 1.16 bits per heavy atom. The molecule has 2 aromatic heterocycles. The van der Waals surface area contributed by atoms with Gasteiger partial charge in [0.15, 0.2) is 9.84 Å². The summed E-state index contributed by atoms with van der Waals surface area (Å²) in [5.74, 6) is 0.897. The van der Waals surface area contributed by atoms with Crippen LogP contribution in [0.25, 0.3) is 0 Å². The van der Waals surface area contributed by atoms with E-state index in [4.69, 9.17) is 4.74 Å². The lowest BCUT2D eigenvalue weighted by molar-refractivity contribution is 0.101. The maximum atomic E-state index is 13.3. The predicted molar refractivity (Wildman–Crippen MR) is 115 cm³/mol. The number of anilines is 1. The zero-order valence-corrected chi connectivity index (χ0v) is 17.6. The third-order valence-corrected chi connectivity index (χ3v) is 7.40. The Morgan fingerprint density at radius 2 is 2.06 bits per heavy atom. The first-order valence-electron chi connectivity index (χ1n) is 10.3. The summed E-state index contributed by atoms with van der Waals surface area (Å²) >= 11 is 0. The van der Waals surface area contributed by atoms with Gasteiger partial charge in [0, 0.05) is 29.6 Å². The van der Waals surface area contributed by atoms with E-state index in [1.807, 2.05) is 6.07 Å². The Hall–Kier alpha value is -3.20. The van der Waals surface area contributed by atoms with Crippen molar-refractivity contribution in [1.29, 1.82) is 0 Å². The summed E-state index contributed by atoms with van der Waals surface area (Å²) in [5, 5.41) is 7.57. The van der Waals surface area contributed by atoms with Crippen molar-refractivity contribution in [2.24, 2.45) is 0 Å². The number of amides is 1. The molecule has 1 aromatic carbocycles. The molecule has 160 valence electrons. The van der Waals surface area contributed by atoms with E-state index in [1.54, 1.807) is 47.3 Å². The molecule has 5 rings (SSSR count). The monoisotopic (exact) mass is 438 g/mol. The van der Waals surface area contributed by atoms with Crippen LogP contribution in [-0.4, -0.2) is 40.6 Å². The Bertz CT molecular complexity index is 1240. The zero-order valence-electron chi connectivity index (χ0n) is 16.8. The molecule has 3 heterocycles. The van der Waals surface area contributed by atoms with Crippen LogP contribution in [0.15, 0.2) is 48.7 Å². The fourth-order valence-corrected chi connectivity index (χ4v) is 5.93. The number of sulfone groups is 1. The summed E-state index contributed by atoms with van der Waals surface area (Å²) in [7, 11) is -3.09. The largest absolute Gasteiger partial charge is 0.439 e. The molecule has 1 fully saturated rings. The van der Waals surface area contributed by atoms with Crippen molar-refractivity contribution in [3.8, 4) is 11.6 Å². The van der Waals surface area contributed by atoms with E-state index < -0.39 is 9.84 Å². The van der Waals surface area contributed by atoms with Gasteiger partial charge in [-0.15, -0.1) is 0 Å². The fraction of sp³-hybridized carbons (Fsp3) is 0.318. The molecule has 1 amide bonds. The normalized spacial score (nSPS) is 19.2. The molecule has 1 N–H and O–H groups in total. The molecular weight excluding hydrogens is 416 g/mol. The van der Waals surface area contributed by atoms with Crippen LogP contribution < -0.4 is 10.1 Å². The highest BCUT2D eigenvalue weighted by molar-refractivity contribution is 7.91. The maximum Gasteiger partial charge on any atom is 0.274 e. The highest BCUT2D eigenvalue weighted by Gasteiger charge is 2.35. The number of ether oxygens (including phenoxy) is 1. The van der Waals surface area contributed by atoms with Gasteiger partial charge < -0.3 is 10.1 Å². The number of nitrogens with zero attached hydrogens (tertiary/aromatic N) is 3. The number of pyridine rings is 1. The number of rotatable bonds is 5. The Morgan fingerprint density at radius 3 is 2.84 bits per heavy atom. The molecule has 0 bridgehead atoms. The van der Waals surface area contributed by atoms with Crippen molar-refractivity contribution in [3.63, 3.8) is 0 Å². The summed E-state index contributed by atoms with van der Waals surface area (Å²) < 4.78 is 31.4. The van der Waals surface area contributed by atoms with Gasteiger partial charge in [0.05, 0.1) is 23.2 Å². The number of carbonyl (C=O) groups is 1. The average Bonchev–Trinajstić information content (AvgIpc) is 3.42. The molecule has 1 saturated heterocycles. The van der Waals surface area contributed by atoms with E-state index in [2.05, 4.69) is 15.4 Å². The standard InChI is InChI=1S/C22H22N4O4S/c27-22(24-15-5-3-6-17(13-15)30-20-9-1-2-11-23-20)21-18-7-4-8-19(18)25-26(21)16-10-12-31(28,29)14-16/h1-3,5-6,9,11,13,16H,4,7-8,10,12,14H2,(H,24,27)/t16-/m0/s1. The van der Waals surface area contributed by atoms with Crippen molar-refractivity contribution < 1.29 is 17.9 Å². The molecule has 0 unspecified atom stereocenters. The number of fused-ring (bicyclic) bond motifs is 1. The molecular formula is C22H22N4O4S. The van der Waals surface area contributed by atoms with Crippen molar-refractivity contribution >= 4 is 21.4 Å². The summed E-state index contributed by atoms with van der Waals surface area (Å²) in [6, 6.07) is 12.2. The van der Waals surface area contributed by atoms with E-state index in [1.165, 1.54) is 0 Å². The van der Waals surface area contributed by atoms with Gasteiger partial charge in [0.25, 0.3) is 5.91 Å². The summed E-state index contributed by atoms with van der Waals surface area (Å²) in [5.41, 5.74) is 2.90. The Kier molecular flexibility index (Phi) is 4.97. The van der Waals surface area contributed by atoms with Crippen molar-refractivity contribution in [3.05, 3.63) is 65.6 Å². The maximum absolute atomic E-state index is 13.3. The van der Waals surface area contributed by atoms with Gasteiger partial charge in [-0.1, -0.05) is 12.1 Å². The lowest BCUT2D eigenvalue weighted by Gasteiger charge is -2.15. The molecule has 3 aromatic rings. The second-order valence-corrected chi connectivity index (χ2v) is 10.1. The van der Waals surface area contributed by atoms with Gasteiger partial charge >= 0.3 is 0 Å². The van der Waals surface area contributed by atoms with Crippen LogP contribution in [0, 0.1) is 0 Å². The van der Waals surface area contributed by atoms with Crippen LogP contribution in [0.5, 0.6) is 11.6 Å². The van der Waals surface area contributed by atoms with Crippen LogP contribution >= 0.6 is 0 Å².